The van der Waals surface area contributed by atoms with Gasteiger partial charge in [0.25, 0.3) is 0 Å². The van der Waals surface area contributed by atoms with Crippen molar-refractivity contribution in [3.8, 4) is 0 Å². The van der Waals surface area contributed by atoms with Gasteiger partial charge < -0.3 is 10.4 Å². The zero-order valence-electron chi connectivity index (χ0n) is 6.10. The third-order valence-corrected chi connectivity index (χ3v) is 1.35. The van der Waals surface area contributed by atoms with E-state index >= 15 is 0 Å². The van der Waals surface area contributed by atoms with Crippen LogP contribution in [-0.2, 0) is 4.79 Å². The third-order valence-electron chi connectivity index (χ3n) is 0.933. The summed E-state index contributed by atoms with van der Waals surface area (Å²) in [6.45, 7) is 3.67. The van der Waals surface area contributed by atoms with E-state index in [4.69, 9.17) is 5.11 Å². The third kappa shape index (κ3) is 4.76. The molecule has 0 saturated heterocycles. The summed E-state index contributed by atoms with van der Waals surface area (Å²) in [6.07, 6.45) is -0.477. The van der Waals surface area contributed by atoms with Crippen LogP contribution in [-0.4, -0.2) is 28.5 Å². The number of amides is 1. The smallest absolute Gasteiger partial charge is 0.233 e. The molecular weight excluding hydrogens is 198 g/mol. The van der Waals surface area contributed by atoms with Crippen LogP contribution in [0.4, 0.5) is 0 Å². The van der Waals surface area contributed by atoms with Crippen molar-refractivity contribution < 1.29 is 9.90 Å². The number of rotatable bonds is 3. The largest absolute Gasteiger partial charge is 0.392 e. The lowest BCUT2D eigenvalue weighted by Gasteiger charge is -2.07. The Kier molecular flexibility index (Phi) is 4.64. The lowest BCUT2D eigenvalue weighted by Crippen LogP contribution is -2.34. The van der Waals surface area contributed by atoms with E-state index in [1.54, 1.807) is 13.8 Å². The van der Waals surface area contributed by atoms with Gasteiger partial charge in [0.15, 0.2) is 0 Å². The Balaban J connectivity index is 3.40. The van der Waals surface area contributed by atoms with E-state index < -0.39 is 6.10 Å². The summed E-state index contributed by atoms with van der Waals surface area (Å²) in [5.41, 5.74) is 0. The van der Waals surface area contributed by atoms with Crippen LogP contribution in [0.15, 0.2) is 0 Å². The maximum absolute atomic E-state index is 10.8. The van der Waals surface area contributed by atoms with Gasteiger partial charge in [0, 0.05) is 6.54 Å². The molecule has 0 radical (unpaired) electrons. The van der Waals surface area contributed by atoms with Crippen LogP contribution < -0.4 is 5.32 Å². The minimum Gasteiger partial charge on any atom is -0.392 e. The van der Waals surface area contributed by atoms with Crippen LogP contribution in [0.1, 0.15) is 13.8 Å². The van der Waals surface area contributed by atoms with Crippen LogP contribution in [0, 0.1) is 0 Å². The molecule has 2 atom stereocenters. The number of alkyl halides is 1. The average molecular weight is 210 g/mol. The zero-order valence-corrected chi connectivity index (χ0v) is 7.68. The van der Waals surface area contributed by atoms with Gasteiger partial charge >= 0.3 is 0 Å². The van der Waals surface area contributed by atoms with Crippen LogP contribution in [0.3, 0.4) is 0 Å². The summed E-state index contributed by atoms with van der Waals surface area (Å²) in [5, 5.41) is 11.3. The van der Waals surface area contributed by atoms with Gasteiger partial charge in [-0.3, -0.25) is 4.79 Å². The van der Waals surface area contributed by atoms with Gasteiger partial charge in [-0.05, 0) is 13.8 Å². The molecule has 0 spiro atoms. The summed E-state index contributed by atoms with van der Waals surface area (Å²) in [5.74, 6) is -0.0964. The van der Waals surface area contributed by atoms with Crippen molar-refractivity contribution in [1.29, 1.82) is 0 Å². The van der Waals surface area contributed by atoms with Gasteiger partial charge in [0.1, 0.15) is 0 Å². The number of halogens is 1. The van der Waals surface area contributed by atoms with Gasteiger partial charge in [-0.25, -0.2) is 0 Å². The molecule has 0 aromatic carbocycles. The molecule has 4 heteroatoms. The molecule has 0 saturated carbocycles. The first-order chi connectivity index (χ1) is 4.54. The van der Waals surface area contributed by atoms with Crippen molar-refractivity contribution in [1.82, 2.24) is 5.32 Å². The second kappa shape index (κ2) is 4.68. The Morgan fingerprint density at radius 3 is 2.50 bits per heavy atom. The van der Waals surface area contributed by atoms with Crippen LogP contribution in [0.25, 0.3) is 0 Å². The Labute approximate surface area is 68.9 Å². The zero-order chi connectivity index (χ0) is 8.15. The minimum absolute atomic E-state index is 0.0964. The lowest BCUT2D eigenvalue weighted by molar-refractivity contribution is -0.120. The first-order valence-electron chi connectivity index (χ1n) is 3.14. The fourth-order valence-corrected chi connectivity index (χ4v) is 0.551. The molecule has 0 bridgehead atoms. The summed E-state index contributed by atoms with van der Waals surface area (Å²) in [7, 11) is 0. The highest BCUT2D eigenvalue weighted by atomic mass is 79.9. The average Bonchev–Trinajstić information content (AvgIpc) is 1.82. The van der Waals surface area contributed by atoms with Gasteiger partial charge in [0.05, 0.1) is 10.9 Å². The van der Waals surface area contributed by atoms with E-state index in [0.29, 0.717) is 6.54 Å². The molecule has 1 unspecified atom stereocenters. The lowest BCUT2D eigenvalue weighted by atomic mass is 10.4. The maximum atomic E-state index is 10.8. The maximum Gasteiger partial charge on any atom is 0.233 e. The molecule has 0 heterocycles. The SMILES string of the molecule is CC(Br)C(=O)NC[C@@H](C)O. The first kappa shape index (κ1) is 9.91. The van der Waals surface area contributed by atoms with Crippen molar-refractivity contribution >= 4 is 21.8 Å². The molecule has 0 aliphatic carbocycles. The van der Waals surface area contributed by atoms with Gasteiger partial charge in [-0.2, -0.15) is 0 Å². The highest BCUT2D eigenvalue weighted by molar-refractivity contribution is 9.10. The van der Waals surface area contributed by atoms with E-state index in [9.17, 15) is 4.79 Å². The topological polar surface area (TPSA) is 49.3 Å². The molecule has 1 amide bonds. The van der Waals surface area contributed by atoms with Crippen molar-refractivity contribution in [2.45, 2.75) is 24.8 Å². The number of nitrogens with one attached hydrogen (secondary N) is 1. The molecule has 60 valence electrons. The Hall–Kier alpha value is -0.0900. The van der Waals surface area contributed by atoms with Crippen molar-refractivity contribution in [2.24, 2.45) is 0 Å². The molecule has 0 aliphatic rings. The van der Waals surface area contributed by atoms with E-state index in [0.717, 1.165) is 0 Å². The molecule has 0 fully saturated rings. The number of aliphatic hydroxyl groups excluding tert-OH is 1. The fourth-order valence-electron chi connectivity index (χ4n) is 0.389. The quantitative estimate of drug-likeness (QED) is 0.656. The molecule has 0 rings (SSSR count). The first-order valence-corrected chi connectivity index (χ1v) is 4.05. The summed E-state index contributed by atoms with van der Waals surface area (Å²) in [6, 6.07) is 0. The van der Waals surface area contributed by atoms with Crippen molar-refractivity contribution in [3.63, 3.8) is 0 Å². The predicted octanol–water partition coefficient (Wildman–Crippen LogP) is 0.267. The predicted molar refractivity (Wildman–Crippen MR) is 43.1 cm³/mol. The number of hydrogen-bond acceptors (Lipinski definition) is 2. The monoisotopic (exact) mass is 209 g/mol. The number of carbonyl (C=O) groups excluding carboxylic acids is 1. The van der Waals surface area contributed by atoms with E-state index in [1.807, 2.05) is 0 Å². The molecule has 0 aromatic heterocycles. The Bertz CT molecular complexity index is 114. The Morgan fingerprint density at radius 1 is 1.70 bits per heavy atom. The van der Waals surface area contributed by atoms with Crippen LogP contribution >= 0.6 is 15.9 Å². The highest BCUT2D eigenvalue weighted by Crippen LogP contribution is 1.95. The fraction of sp³-hybridized carbons (Fsp3) is 0.833. The second-order valence-corrected chi connectivity index (χ2v) is 3.58. The standard InChI is InChI=1S/C6H12BrNO2/c1-4(9)3-8-6(10)5(2)7/h4-5,9H,3H2,1-2H3,(H,8,10)/t4-,5?/m1/s1. The van der Waals surface area contributed by atoms with E-state index in [2.05, 4.69) is 21.2 Å². The normalized spacial score (nSPS) is 16.0. The summed E-state index contributed by atoms with van der Waals surface area (Å²) >= 11 is 3.10. The molecule has 2 N–H and O–H groups in total. The van der Waals surface area contributed by atoms with E-state index in [1.165, 1.54) is 0 Å². The van der Waals surface area contributed by atoms with Gasteiger partial charge in [-0.15, -0.1) is 0 Å². The number of aliphatic hydroxyl groups is 1. The molecule has 0 aromatic rings. The van der Waals surface area contributed by atoms with Crippen LogP contribution in [0.5, 0.6) is 0 Å². The second-order valence-electron chi connectivity index (χ2n) is 2.21. The molecule has 3 nitrogen and oxygen atoms in total. The summed E-state index contributed by atoms with van der Waals surface area (Å²) < 4.78 is 0. The van der Waals surface area contributed by atoms with E-state index in [-0.39, 0.29) is 10.7 Å². The van der Waals surface area contributed by atoms with Crippen molar-refractivity contribution in [2.75, 3.05) is 6.54 Å². The molecule has 10 heavy (non-hydrogen) atoms. The highest BCUT2D eigenvalue weighted by Gasteiger charge is 2.07. The summed E-state index contributed by atoms with van der Waals surface area (Å²) in [4.78, 5) is 10.6. The van der Waals surface area contributed by atoms with Crippen molar-refractivity contribution in [3.05, 3.63) is 0 Å². The Morgan fingerprint density at radius 2 is 2.20 bits per heavy atom. The minimum atomic E-state index is -0.477. The van der Waals surface area contributed by atoms with Gasteiger partial charge in [0.2, 0.25) is 5.91 Å². The van der Waals surface area contributed by atoms with Crippen LogP contribution in [0.2, 0.25) is 0 Å². The molecule has 0 aliphatic heterocycles. The molecular formula is C6H12BrNO2. The van der Waals surface area contributed by atoms with Gasteiger partial charge in [-0.1, -0.05) is 15.9 Å². The number of hydrogen-bond donors (Lipinski definition) is 2. The number of carbonyl (C=O) groups is 1.